The van der Waals surface area contributed by atoms with Crippen molar-refractivity contribution in [2.75, 3.05) is 0 Å². The Bertz CT molecular complexity index is 2910. The lowest BCUT2D eigenvalue weighted by Gasteiger charge is -2.28. The lowest BCUT2D eigenvalue weighted by molar-refractivity contribution is 0.674. The summed E-state index contributed by atoms with van der Waals surface area (Å²) in [5, 5.41) is 9.18. The molecule has 8 aromatic rings. The van der Waals surface area contributed by atoms with E-state index in [9.17, 15) is 0 Å². The minimum Gasteiger partial charge on any atom is -0.344 e. The molecule has 0 fully saturated rings. The number of benzene rings is 7. The molecule has 2 atom stereocenters. The molecule has 55 heavy (non-hydrogen) atoms. The molecule has 0 bridgehead atoms. The quantitative estimate of drug-likeness (QED) is 0.191. The molecule has 1 aliphatic carbocycles. The van der Waals surface area contributed by atoms with E-state index in [1.165, 1.54) is 58.5 Å². The van der Waals surface area contributed by atoms with Gasteiger partial charge in [0.1, 0.15) is 12.0 Å². The fraction of sp³-hybridized carbons (Fsp3) is 0.0612. The Morgan fingerprint density at radius 3 is 2.11 bits per heavy atom. The molecule has 1 N–H and O–H groups in total. The van der Waals surface area contributed by atoms with Gasteiger partial charge in [-0.1, -0.05) is 170 Å². The third-order valence-electron chi connectivity index (χ3n) is 10.8. The summed E-state index contributed by atoms with van der Waals surface area (Å²) in [6, 6.07) is 56.4. The van der Waals surface area contributed by atoms with Gasteiger partial charge in [0.15, 0.2) is 5.84 Å². The number of aromatic nitrogens is 1. The molecule has 0 saturated carbocycles. The van der Waals surface area contributed by atoms with Gasteiger partial charge in [-0.05, 0) is 46.7 Å². The Hall–Kier alpha value is -6.08. The van der Waals surface area contributed by atoms with Crippen LogP contribution >= 0.6 is 23.5 Å². The van der Waals surface area contributed by atoms with Crippen LogP contribution in [0.1, 0.15) is 29.3 Å². The summed E-state index contributed by atoms with van der Waals surface area (Å²) in [6.45, 7) is 0. The Morgan fingerprint density at radius 1 is 0.600 bits per heavy atom. The zero-order valence-electron chi connectivity index (χ0n) is 29.8. The summed E-state index contributed by atoms with van der Waals surface area (Å²) < 4.78 is 2.53. The third-order valence-corrected chi connectivity index (χ3v) is 13.7. The fourth-order valence-electron chi connectivity index (χ4n) is 8.08. The van der Waals surface area contributed by atoms with Gasteiger partial charge >= 0.3 is 0 Å². The predicted octanol–water partition coefficient (Wildman–Crippen LogP) is 12.5. The van der Waals surface area contributed by atoms with E-state index in [0.29, 0.717) is 5.25 Å². The van der Waals surface area contributed by atoms with Crippen molar-refractivity contribution in [3.63, 3.8) is 0 Å². The van der Waals surface area contributed by atoms with Crippen LogP contribution in [-0.2, 0) is 0 Å². The molecule has 6 heteroatoms. The first-order chi connectivity index (χ1) is 27.2. The second-order valence-electron chi connectivity index (χ2n) is 14.1. The number of amidine groups is 2. The largest absolute Gasteiger partial charge is 0.344 e. The number of rotatable bonds is 5. The van der Waals surface area contributed by atoms with E-state index in [1.807, 2.05) is 47.8 Å². The van der Waals surface area contributed by atoms with Gasteiger partial charge < -0.3 is 9.88 Å². The maximum absolute atomic E-state index is 5.01. The Kier molecular flexibility index (Phi) is 7.85. The van der Waals surface area contributed by atoms with Gasteiger partial charge in [0.25, 0.3) is 0 Å². The van der Waals surface area contributed by atoms with Gasteiger partial charge in [0.2, 0.25) is 0 Å². The van der Waals surface area contributed by atoms with Gasteiger partial charge in [0, 0.05) is 52.9 Å². The topological polar surface area (TPSA) is 41.7 Å². The molecule has 0 spiro atoms. The number of allylic oxidation sites excluding steroid dienone is 3. The molecule has 4 nitrogen and oxygen atoms in total. The highest BCUT2D eigenvalue weighted by Gasteiger charge is 2.29. The normalized spacial score (nSPS) is 17.6. The van der Waals surface area contributed by atoms with Crippen LogP contribution < -0.4 is 5.32 Å². The average molecular weight is 743 g/mol. The molecule has 1 aromatic heterocycles. The van der Waals surface area contributed by atoms with E-state index in [1.54, 1.807) is 0 Å². The number of thioether (sulfide) groups is 2. The van der Waals surface area contributed by atoms with Crippen molar-refractivity contribution in [1.82, 2.24) is 9.88 Å². The average Bonchev–Trinajstić information content (AvgIpc) is 3.62. The molecule has 262 valence electrons. The Balaban J connectivity index is 0.978. The van der Waals surface area contributed by atoms with Crippen molar-refractivity contribution in [3.05, 3.63) is 198 Å². The highest BCUT2D eigenvalue weighted by Crippen LogP contribution is 2.53. The standard InChI is InChI=1S/C49H34N4S2/c1-3-12-34(13-4-1)47-50-48(35-14-5-2-6-15-35)52-49(51-47)36-21-19-31(20-22-36)32-23-26-37(27-24-32)53-44-38-16-8-7-11-33(38)25-28-39(44)40-29-30-43-46(45(40)53)55-42-18-10-9-17-41(42)54-43/h1-17,19-30,42,47H,18H2,(H,50,51,52). The van der Waals surface area contributed by atoms with Crippen molar-refractivity contribution in [2.24, 2.45) is 9.98 Å². The maximum Gasteiger partial charge on any atom is 0.159 e. The van der Waals surface area contributed by atoms with Crippen LogP contribution in [0.25, 0.3) is 49.4 Å². The van der Waals surface area contributed by atoms with Crippen molar-refractivity contribution in [3.8, 4) is 16.8 Å². The smallest absolute Gasteiger partial charge is 0.159 e. The van der Waals surface area contributed by atoms with Crippen LogP contribution in [0.15, 0.2) is 201 Å². The molecule has 3 heterocycles. The Labute approximate surface area is 328 Å². The van der Waals surface area contributed by atoms with Crippen LogP contribution in [0.3, 0.4) is 0 Å². The first kappa shape index (κ1) is 32.4. The number of aliphatic imine (C=N–C) groups is 2. The predicted molar refractivity (Wildman–Crippen MR) is 233 cm³/mol. The lowest BCUT2D eigenvalue weighted by atomic mass is 10.0. The second-order valence-corrected chi connectivity index (χ2v) is 16.4. The number of hydrogen-bond donors (Lipinski definition) is 1. The number of nitrogens with zero attached hydrogens (tertiary/aromatic N) is 3. The maximum atomic E-state index is 5.01. The van der Waals surface area contributed by atoms with Crippen molar-refractivity contribution in [1.29, 1.82) is 0 Å². The highest BCUT2D eigenvalue weighted by atomic mass is 32.2. The summed E-state index contributed by atoms with van der Waals surface area (Å²) in [5.41, 5.74) is 9.19. The molecule has 0 saturated heterocycles. The van der Waals surface area contributed by atoms with E-state index < -0.39 is 0 Å². The molecular weight excluding hydrogens is 709 g/mol. The van der Waals surface area contributed by atoms with Crippen molar-refractivity contribution >= 4 is 67.8 Å². The minimum absolute atomic E-state index is 0.227. The highest BCUT2D eigenvalue weighted by molar-refractivity contribution is 8.09. The molecule has 2 aliphatic heterocycles. The van der Waals surface area contributed by atoms with Gasteiger partial charge in [-0.25, -0.2) is 9.98 Å². The number of fused-ring (bicyclic) bond motifs is 8. The van der Waals surface area contributed by atoms with Crippen LogP contribution in [0.5, 0.6) is 0 Å². The van der Waals surface area contributed by atoms with Crippen molar-refractivity contribution < 1.29 is 0 Å². The van der Waals surface area contributed by atoms with E-state index in [4.69, 9.17) is 9.98 Å². The van der Waals surface area contributed by atoms with Gasteiger partial charge in [-0.15, -0.1) is 11.8 Å². The summed E-state index contributed by atoms with van der Waals surface area (Å²) >= 11 is 3.97. The minimum atomic E-state index is -0.227. The van der Waals surface area contributed by atoms with Crippen LogP contribution in [0.4, 0.5) is 0 Å². The third kappa shape index (κ3) is 5.63. The SMILES string of the molecule is C1=CCC2Sc3c(ccc4c5ccc6ccccc6c5n(-c5ccc(-c6ccc(C7=NC(c8ccccc8)=NC(c8ccccc8)N7)cc6)cc5)c34)SC2=C1. The molecule has 0 amide bonds. The number of nitrogens with one attached hydrogen (secondary N) is 1. The van der Waals surface area contributed by atoms with Gasteiger partial charge in [-0.2, -0.15) is 0 Å². The van der Waals surface area contributed by atoms with E-state index >= 15 is 0 Å². The summed E-state index contributed by atoms with van der Waals surface area (Å²) in [5.74, 6) is 1.54. The summed E-state index contributed by atoms with van der Waals surface area (Å²) in [4.78, 5) is 14.2. The zero-order chi connectivity index (χ0) is 36.3. The van der Waals surface area contributed by atoms with E-state index in [0.717, 1.165) is 40.3 Å². The summed E-state index contributed by atoms with van der Waals surface area (Å²) in [6.07, 6.45) is 7.64. The van der Waals surface area contributed by atoms with Crippen LogP contribution in [0, 0.1) is 0 Å². The van der Waals surface area contributed by atoms with Gasteiger partial charge in [0.05, 0.1) is 11.0 Å². The second kappa shape index (κ2) is 13.3. The lowest BCUT2D eigenvalue weighted by Crippen LogP contribution is -2.33. The zero-order valence-corrected chi connectivity index (χ0v) is 31.4. The molecule has 0 radical (unpaired) electrons. The molecule has 2 unspecified atom stereocenters. The molecule has 7 aromatic carbocycles. The van der Waals surface area contributed by atoms with Crippen molar-refractivity contribution in [2.45, 2.75) is 27.6 Å². The van der Waals surface area contributed by atoms with Gasteiger partial charge in [-0.3, -0.25) is 0 Å². The molecule has 3 aliphatic rings. The van der Waals surface area contributed by atoms with E-state index in [2.05, 4.69) is 162 Å². The van der Waals surface area contributed by atoms with Crippen LogP contribution in [0.2, 0.25) is 0 Å². The number of hydrogen-bond acceptors (Lipinski definition) is 5. The molecular formula is C49H34N4S2. The van der Waals surface area contributed by atoms with Crippen LogP contribution in [-0.4, -0.2) is 21.5 Å². The molecule has 11 rings (SSSR count). The first-order valence-corrected chi connectivity index (χ1v) is 20.4. The fourth-order valence-corrected chi connectivity index (χ4v) is 10.8. The van der Waals surface area contributed by atoms with E-state index in [-0.39, 0.29) is 6.17 Å². The summed E-state index contributed by atoms with van der Waals surface area (Å²) in [7, 11) is 0. The monoisotopic (exact) mass is 742 g/mol. The first-order valence-electron chi connectivity index (χ1n) is 18.7. The Morgan fingerprint density at radius 2 is 1.29 bits per heavy atom.